The second kappa shape index (κ2) is 7.86. The quantitative estimate of drug-likeness (QED) is 0.602. The Labute approximate surface area is 111 Å². The first-order valence-electron chi connectivity index (χ1n) is 6.14. The average Bonchev–Trinajstić information content (AvgIpc) is 2.31. The van der Waals surface area contributed by atoms with Crippen LogP contribution in [0.15, 0.2) is 30.3 Å². The van der Waals surface area contributed by atoms with E-state index in [0.717, 1.165) is 11.9 Å². The SMILES string of the molecule is CC(=O)C(C)(C)C(=O)Cc1ccccc1.[B]CC. The molecule has 0 amide bonds. The Bertz CT molecular complexity index is 383. The van der Waals surface area contributed by atoms with Gasteiger partial charge in [0.25, 0.3) is 0 Å². The van der Waals surface area contributed by atoms with Gasteiger partial charge in [-0.25, -0.2) is 0 Å². The highest BCUT2D eigenvalue weighted by atomic mass is 16.2. The minimum absolute atomic E-state index is 0.0267. The summed E-state index contributed by atoms with van der Waals surface area (Å²) in [5.41, 5.74) is 0.0902. The first-order valence-corrected chi connectivity index (χ1v) is 6.14. The van der Waals surface area contributed by atoms with Gasteiger partial charge in [0.15, 0.2) is 0 Å². The van der Waals surface area contributed by atoms with Crippen molar-refractivity contribution in [3.05, 3.63) is 35.9 Å². The maximum absolute atomic E-state index is 11.9. The first kappa shape index (κ1) is 16.6. The third kappa shape index (κ3) is 5.30. The van der Waals surface area contributed by atoms with Crippen LogP contribution in [-0.2, 0) is 16.0 Å². The lowest BCUT2D eigenvalue weighted by atomic mass is 9.81. The maximum Gasteiger partial charge on any atom is 0.150 e. The first-order chi connectivity index (χ1) is 8.36. The van der Waals surface area contributed by atoms with E-state index >= 15 is 0 Å². The fourth-order valence-electron chi connectivity index (χ4n) is 1.20. The third-order valence-electron chi connectivity index (χ3n) is 2.78. The molecule has 3 heteroatoms. The van der Waals surface area contributed by atoms with Crippen molar-refractivity contribution in [1.29, 1.82) is 0 Å². The van der Waals surface area contributed by atoms with Gasteiger partial charge in [-0.3, -0.25) is 9.59 Å². The predicted molar refractivity (Wildman–Crippen MR) is 75.9 cm³/mol. The van der Waals surface area contributed by atoms with Crippen molar-refractivity contribution >= 4 is 19.4 Å². The van der Waals surface area contributed by atoms with Crippen LogP contribution in [0.25, 0.3) is 0 Å². The van der Waals surface area contributed by atoms with E-state index in [1.807, 2.05) is 37.3 Å². The molecule has 0 N–H and O–H groups in total. The molecule has 0 saturated carbocycles. The zero-order valence-electron chi connectivity index (χ0n) is 11.7. The lowest BCUT2D eigenvalue weighted by Crippen LogP contribution is -2.32. The van der Waals surface area contributed by atoms with E-state index in [1.165, 1.54) is 6.92 Å². The van der Waals surface area contributed by atoms with Crippen molar-refractivity contribution in [3.8, 4) is 0 Å². The number of carbonyl (C=O) groups is 2. The van der Waals surface area contributed by atoms with Crippen LogP contribution in [0.3, 0.4) is 0 Å². The molecule has 96 valence electrons. The van der Waals surface area contributed by atoms with Crippen LogP contribution in [-0.4, -0.2) is 19.4 Å². The zero-order chi connectivity index (χ0) is 14.2. The Balaban J connectivity index is 0.000000873. The number of benzene rings is 1. The van der Waals surface area contributed by atoms with Crippen molar-refractivity contribution in [2.75, 3.05) is 0 Å². The number of Topliss-reactive ketones (excluding diaryl/α,β-unsaturated/α-hetero) is 2. The molecule has 0 aromatic heterocycles. The smallest absolute Gasteiger partial charge is 0.150 e. The third-order valence-corrected chi connectivity index (χ3v) is 2.78. The summed E-state index contributed by atoms with van der Waals surface area (Å²) >= 11 is 0. The van der Waals surface area contributed by atoms with Crippen LogP contribution in [0, 0.1) is 5.41 Å². The molecule has 1 aromatic carbocycles. The van der Waals surface area contributed by atoms with Crippen molar-refractivity contribution in [1.82, 2.24) is 0 Å². The van der Waals surface area contributed by atoms with Crippen molar-refractivity contribution in [3.63, 3.8) is 0 Å². The molecule has 1 rings (SSSR count). The van der Waals surface area contributed by atoms with Gasteiger partial charge in [0, 0.05) is 6.42 Å². The molecule has 18 heavy (non-hydrogen) atoms. The topological polar surface area (TPSA) is 34.1 Å². The van der Waals surface area contributed by atoms with E-state index in [4.69, 9.17) is 7.85 Å². The van der Waals surface area contributed by atoms with Crippen LogP contribution >= 0.6 is 0 Å². The lowest BCUT2D eigenvalue weighted by molar-refractivity contribution is -0.137. The molecule has 0 unspecified atom stereocenters. The summed E-state index contributed by atoms with van der Waals surface area (Å²) in [7, 11) is 4.85. The van der Waals surface area contributed by atoms with E-state index < -0.39 is 5.41 Å². The van der Waals surface area contributed by atoms with Gasteiger partial charge in [0.1, 0.15) is 11.6 Å². The molecule has 0 atom stereocenters. The predicted octanol–water partition coefficient (Wildman–Crippen LogP) is 3.01. The molecule has 0 aliphatic rings. The highest BCUT2D eigenvalue weighted by molar-refractivity contribution is 6.08. The van der Waals surface area contributed by atoms with Gasteiger partial charge >= 0.3 is 0 Å². The molecule has 0 spiro atoms. The second-order valence-electron chi connectivity index (χ2n) is 4.67. The van der Waals surface area contributed by atoms with Gasteiger partial charge in [-0.2, -0.15) is 0 Å². The van der Waals surface area contributed by atoms with Gasteiger partial charge in [0.2, 0.25) is 0 Å². The van der Waals surface area contributed by atoms with Crippen LogP contribution in [0.1, 0.15) is 33.3 Å². The summed E-state index contributed by atoms with van der Waals surface area (Å²) in [6, 6.07) is 9.49. The number of hydrogen-bond acceptors (Lipinski definition) is 2. The van der Waals surface area contributed by atoms with Gasteiger partial charge in [0.05, 0.1) is 13.3 Å². The monoisotopic (exact) mass is 244 g/mol. The van der Waals surface area contributed by atoms with E-state index in [-0.39, 0.29) is 11.6 Å². The molecule has 0 bridgehead atoms. The van der Waals surface area contributed by atoms with E-state index in [2.05, 4.69) is 0 Å². The van der Waals surface area contributed by atoms with Crippen LogP contribution in [0.2, 0.25) is 6.32 Å². The van der Waals surface area contributed by atoms with Crippen molar-refractivity contribution in [2.45, 2.75) is 40.4 Å². The van der Waals surface area contributed by atoms with Gasteiger partial charge in [-0.15, -0.1) is 0 Å². The van der Waals surface area contributed by atoms with Crippen molar-refractivity contribution < 1.29 is 9.59 Å². The number of ketones is 2. The second-order valence-corrected chi connectivity index (χ2v) is 4.67. The maximum atomic E-state index is 11.9. The average molecular weight is 244 g/mol. The molecule has 0 saturated heterocycles. The molecular formula is C15H21BO2. The number of rotatable bonds is 4. The Morgan fingerprint density at radius 3 is 2.00 bits per heavy atom. The van der Waals surface area contributed by atoms with E-state index in [1.54, 1.807) is 13.8 Å². The minimum atomic E-state index is -0.865. The fraction of sp³-hybridized carbons (Fsp3) is 0.467. The summed E-state index contributed by atoms with van der Waals surface area (Å²) in [6.07, 6.45) is 1.08. The standard InChI is InChI=1S/C13H16O2.C2H5B/c1-10(14)13(2,3)12(15)9-11-7-5-4-6-8-11;1-2-3/h4-8H,9H2,1-3H3;2H2,1H3. The largest absolute Gasteiger partial charge is 0.299 e. The summed E-state index contributed by atoms with van der Waals surface area (Å²) in [5.74, 6) is -0.107. The molecular weight excluding hydrogens is 223 g/mol. The van der Waals surface area contributed by atoms with Crippen molar-refractivity contribution in [2.24, 2.45) is 5.41 Å². The molecule has 2 nitrogen and oxygen atoms in total. The van der Waals surface area contributed by atoms with Crippen LogP contribution in [0.4, 0.5) is 0 Å². The molecule has 0 fully saturated rings. The Kier molecular flexibility index (Phi) is 7.26. The van der Waals surface area contributed by atoms with Crippen LogP contribution < -0.4 is 0 Å². The van der Waals surface area contributed by atoms with E-state index in [9.17, 15) is 9.59 Å². The van der Waals surface area contributed by atoms with Gasteiger partial charge in [-0.1, -0.05) is 43.6 Å². The minimum Gasteiger partial charge on any atom is -0.299 e. The number of hydrogen-bond donors (Lipinski definition) is 0. The fourth-order valence-corrected chi connectivity index (χ4v) is 1.20. The summed E-state index contributed by atoms with van der Waals surface area (Å²) in [6.45, 7) is 6.73. The summed E-state index contributed by atoms with van der Waals surface area (Å²) < 4.78 is 0. The molecule has 0 aliphatic heterocycles. The normalized spacial score (nSPS) is 10.2. The Morgan fingerprint density at radius 2 is 1.61 bits per heavy atom. The van der Waals surface area contributed by atoms with Gasteiger partial charge in [-0.05, 0) is 26.3 Å². The highest BCUT2D eigenvalue weighted by Crippen LogP contribution is 2.20. The molecule has 1 aromatic rings. The van der Waals surface area contributed by atoms with Gasteiger partial charge < -0.3 is 0 Å². The molecule has 2 radical (unpaired) electrons. The number of carbonyl (C=O) groups excluding carboxylic acids is 2. The summed E-state index contributed by atoms with van der Waals surface area (Å²) in [5, 5.41) is 0. The highest BCUT2D eigenvalue weighted by Gasteiger charge is 2.31. The van der Waals surface area contributed by atoms with Crippen LogP contribution in [0.5, 0.6) is 0 Å². The Hall–Kier alpha value is -1.38. The lowest BCUT2D eigenvalue weighted by Gasteiger charge is -2.19. The Morgan fingerprint density at radius 1 is 1.17 bits per heavy atom. The zero-order valence-corrected chi connectivity index (χ0v) is 11.7. The van der Waals surface area contributed by atoms with E-state index in [0.29, 0.717) is 6.42 Å². The molecule has 0 aliphatic carbocycles. The summed E-state index contributed by atoms with van der Waals surface area (Å²) in [4.78, 5) is 23.1. The molecule has 0 heterocycles.